The molecule has 0 saturated carbocycles. The largest absolute Gasteiger partial charge is 0.353 e. The minimum Gasteiger partial charge on any atom is -0.353 e. The van der Waals surface area contributed by atoms with Crippen molar-refractivity contribution in [3.8, 4) is 11.3 Å². The number of nitrogens with one attached hydrogen (secondary N) is 1. The second-order valence-corrected chi connectivity index (χ2v) is 6.99. The topological polar surface area (TPSA) is 98.0 Å². The second-order valence-electron chi connectivity index (χ2n) is 6.05. The number of carbonyl (C=O) groups is 1. The Morgan fingerprint density at radius 2 is 2.07 bits per heavy atom. The Morgan fingerprint density at radius 1 is 1.28 bits per heavy atom. The van der Waals surface area contributed by atoms with Gasteiger partial charge in [-0.25, -0.2) is 9.37 Å². The Hall–Kier alpha value is -3.46. The summed E-state index contributed by atoms with van der Waals surface area (Å²) in [7, 11) is 0. The Balaban J connectivity index is 1.47. The van der Waals surface area contributed by atoms with Gasteiger partial charge >= 0.3 is 0 Å². The first-order valence-corrected chi connectivity index (χ1v) is 9.65. The van der Waals surface area contributed by atoms with Crippen LogP contribution in [0.1, 0.15) is 17.0 Å². The van der Waals surface area contributed by atoms with Gasteiger partial charge in [0.2, 0.25) is 5.91 Å². The number of rotatable bonds is 8. The van der Waals surface area contributed by atoms with Crippen molar-refractivity contribution >= 4 is 29.0 Å². The Bertz CT molecular complexity index is 1040. The fourth-order valence-electron chi connectivity index (χ4n) is 2.57. The van der Waals surface area contributed by atoms with Gasteiger partial charge in [0.25, 0.3) is 5.69 Å². The molecule has 0 spiro atoms. The number of halogens is 1. The summed E-state index contributed by atoms with van der Waals surface area (Å²) in [6.07, 6.45) is 7.37. The number of nitrogens with zero attached hydrogens (tertiary/aromatic N) is 3. The van der Waals surface area contributed by atoms with E-state index in [1.54, 1.807) is 23.7 Å². The van der Waals surface area contributed by atoms with Crippen LogP contribution < -0.4 is 5.32 Å². The van der Waals surface area contributed by atoms with Gasteiger partial charge in [0.1, 0.15) is 5.82 Å². The number of aryl methyl sites for hydroxylation is 1. The normalized spacial score (nSPS) is 10.9. The highest BCUT2D eigenvalue weighted by Gasteiger charge is 2.12. The molecule has 0 aliphatic carbocycles. The second kappa shape index (κ2) is 9.65. The molecule has 2 heterocycles. The van der Waals surface area contributed by atoms with Gasteiger partial charge < -0.3 is 5.32 Å². The molecular weight excluding hydrogens is 395 g/mol. The van der Waals surface area contributed by atoms with Gasteiger partial charge in [-0.3, -0.25) is 19.9 Å². The average Bonchev–Trinajstić information content (AvgIpc) is 3.20. The van der Waals surface area contributed by atoms with Crippen molar-refractivity contribution in [2.24, 2.45) is 0 Å². The van der Waals surface area contributed by atoms with E-state index in [9.17, 15) is 19.3 Å². The summed E-state index contributed by atoms with van der Waals surface area (Å²) in [6.45, 7) is 0.443. The molecule has 29 heavy (non-hydrogen) atoms. The smallest absolute Gasteiger partial charge is 0.279 e. The van der Waals surface area contributed by atoms with Crippen molar-refractivity contribution in [1.82, 2.24) is 15.3 Å². The number of thiazole rings is 1. The molecule has 9 heteroatoms. The lowest BCUT2D eigenvalue weighted by Gasteiger charge is -2.01. The first kappa shape index (κ1) is 20.3. The van der Waals surface area contributed by atoms with E-state index in [0.29, 0.717) is 13.0 Å². The maximum Gasteiger partial charge on any atom is 0.279 e. The molecule has 0 bridgehead atoms. The number of pyridine rings is 1. The van der Waals surface area contributed by atoms with E-state index in [-0.39, 0.29) is 17.2 Å². The van der Waals surface area contributed by atoms with Gasteiger partial charge in [-0.1, -0.05) is 0 Å². The van der Waals surface area contributed by atoms with E-state index in [0.717, 1.165) is 34.8 Å². The third-order valence-corrected chi connectivity index (χ3v) is 4.91. The maximum atomic E-state index is 13.1. The molecule has 2 aromatic heterocycles. The van der Waals surface area contributed by atoms with Gasteiger partial charge in [-0.15, -0.1) is 11.3 Å². The number of nitro benzene ring substituents is 1. The Morgan fingerprint density at radius 3 is 2.83 bits per heavy atom. The van der Waals surface area contributed by atoms with Gasteiger partial charge in [-0.05, 0) is 36.8 Å². The number of benzene rings is 1. The summed E-state index contributed by atoms with van der Waals surface area (Å²) >= 11 is 1.56. The summed E-state index contributed by atoms with van der Waals surface area (Å²) in [5.74, 6) is -1.08. The molecule has 0 unspecified atom stereocenters. The minimum absolute atomic E-state index is 0.165. The van der Waals surface area contributed by atoms with Gasteiger partial charge in [0.15, 0.2) is 0 Å². The van der Waals surface area contributed by atoms with Crippen LogP contribution in [0.15, 0.2) is 54.2 Å². The van der Waals surface area contributed by atoms with Crippen LogP contribution in [0.5, 0.6) is 0 Å². The van der Waals surface area contributed by atoms with Crippen molar-refractivity contribution in [1.29, 1.82) is 0 Å². The molecule has 0 aliphatic heterocycles. The van der Waals surface area contributed by atoms with Gasteiger partial charge in [0.05, 0.1) is 27.3 Å². The number of hydrogen-bond acceptors (Lipinski definition) is 6. The first-order valence-electron chi connectivity index (χ1n) is 8.77. The highest BCUT2D eigenvalue weighted by Crippen LogP contribution is 2.22. The molecule has 0 atom stereocenters. The van der Waals surface area contributed by atoms with Gasteiger partial charge in [-0.2, -0.15) is 0 Å². The fraction of sp³-hybridized carbons (Fsp3) is 0.150. The van der Waals surface area contributed by atoms with Crippen LogP contribution >= 0.6 is 11.3 Å². The minimum atomic E-state index is -0.701. The fourth-order valence-corrected chi connectivity index (χ4v) is 3.42. The molecular formula is C20H17FN4O3S. The van der Waals surface area contributed by atoms with E-state index in [1.807, 2.05) is 17.5 Å². The maximum absolute atomic E-state index is 13.1. The molecule has 3 aromatic rings. The van der Waals surface area contributed by atoms with Crippen LogP contribution in [0, 0.1) is 15.9 Å². The van der Waals surface area contributed by atoms with E-state index < -0.39 is 10.7 Å². The molecule has 0 radical (unpaired) electrons. The summed E-state index contributed by atoms with van der Waals surface area (Å²) in [6, 6.07) is 7.00. The first-order chi connectivity index (χ1) is 14.0. The van der Waals surface area contributed by atoms with E-state index in [1.165, 1.54) is 18.2 Å². The Labute approximate surface area is 170 Å². The van der Waals surface area contributed by atoms with Crippen molar-refractivity contribution in [3.05, 3.63) is 80.7 Å². The third kappa shape index (κ3) is 5.76. The van der Waals surface area contributed by atoms with Crippen LogP contribution in [0.25, 0.3) is 17.3 Å². The zero-order chi connectivity index (χ0) is 20.6. The molecule has 148 valence electrons. The quantitative estimate of drug-likeness (QED) is 0.261. The van der Waals surface area contributed by atoms with Crippen molar-refractivity contribution in [2.75, 3.05) is 6.54 Å². The summed E-state index contributed by atoms with van der Waals surface area (Å²) in [4.78, 5) is 30.7. The van der Waals surface area contributed by atoms with Crippen LogP contribution in [-0.4, -0.2) is 27.3 Å². The molecule has 1 amide bonds. The number of nitro groups is 1. The highest BCUT2D eigenvalue weighted by atomic mass is 32.1. The molecule has 3 rings (SSSR count). The Kier molecular flexibility index (Phi) is 6.75. The van der Waals surface area contributed by atoms with E-state index >= 15 is 0 Å². The van der Waals surface area contributed by atoms with Crippen LogP contribution in [0.2, 0.25) is 0 Å². The standard InChI is InChI=1S/C20H17FN4O3S/c21-16-5-3-15(18(12-16)25(27)28)4-6-19(26)23-9-1-2-20-24-17(13-29-20)14-7-10-22-11-8-14/h3-8,10-13H,1-2,9H2,(H,23,26)/b6-4+. The SMILES string of the molecule is O=C(/C=C/c1ccc(F)cc1[N+](=O)[O-])NCCCc1nc(-c2ccncc2)cs1. The monoisotopic (exact) mass is 412 g/mol. The number of hydrogen-bond donors (Lipinski definition) is 1. The zero-order valence-electron chi connectivity index (χ0n) is 15.2. The number of aromatic nitrogens is 2. The lowest BCUT2D eigenvalue weighted by molar-refractivity contribution is -0.385. The molecule has 7 nitrogen and oxygen atoms in total. The third-order valence-electron chi connectivity index (χ3n) is 4.00. The number of carbonyl (C=O) groups excluding carboxylic acids is 1. The molecule has 0 aliphatic rings. The summed E-state index contributed by atoms with van der Waals surface area (Å²) < 4.78 is 13.1. The van der Waals surface area contributed by atoms with E-state index in [4.69, 9.17) is 0 Å². The van der Waals surface area contributed by atoms with Crippen molar-refractivity contribution in [3.63, 3.8) is 0 Å². The predicted octanol–water partition coefficient (Wildman–Crippen LogP) is 4.01. The average molecular weight is 412 g/mol. The van der Waals surface area contributed by atoms with Crippen LogP contribution in [0.4, 0.5) is 10.1 Å². The van der Waals surface area contributed by atoms with Crippen molar-refractivity contribution in [2.45, 2.75) is 12.8 Å². The van der Waals surface area contributed by atoms with Crippen LogP contribution in [-0.2, 0) is 11.2 Å². The zero-order valence-corrected chi connectivity index (χ0v) is 16.1. The lowest BCUT2D eigenvalue weighted by Crippen LogP contribution is -2.22. The van der Waals surface area contributed by atoms with Crippen LogP contribution in [0.3, 0.4) is 0 Å². The highest BCUT2D eigenvalue weighted by molar-refractivity contribution is 7.09. The molecule has 1 aromatic carbocycles. The lowest BCUT2D eigenvalue weighted by atomic mass is 10.1. The van der Waals surface area contributed by atoms with Crippen molar-refractivity contribution < 1.29 is 14.1 Å². The predicted molar refractivity (Wildman–Crippen MR) is 109 cm³/mol. The summed E-state index contributed by atoms with van der Waals surface area (Å²) in [5, 5.41) is 16.6. The molecule has 0 saturated heterocycles. The molecule has 0 fully saturated rings. The van der Waals surface area contributed by atoms with E-state index in [2.05, 4.69) is 15.3 Å². The number of amides is 1. The van der Waals surface area contributed by atoms with Gasteiger partial charge in [0, 0.05) is 42.4 Å². The molecule has 1 N–H and O–H groups in total. The summed E-state index contributed by atoms with van der Waals surface area (Å²) in [5.41, 5.74) is 1.69.